The average molecular weight is 345 g/mol. The van der Waals surface area contributed by atoms with E-state index in [1.165, 1.54) is 0 Å². The summed E-state index contributed by atoms with van der Waals surface area (Å²) >= 11 is 1.59. The van der Waals surface area contributed by atoms with Crippen molar-refractivity contribution in [3.05, 3.63) is 45.4 Å². The number of aromatic nitrogens is 1. The van der Waals surface area contributed by atoms with Crippen LogP contribution in [0.1, 0.15) is 46.9 Å². The number of amides is 2. The first kappa shape index (κ1) is 18.1. The fraction of sp³-hybridized carbons (Fsp3) is 0.389. The smallest absolute Gasteiger partial charge is 0.233 e. The minimum Gasteiger partial charge on any atom is -0.346 e. The maximum absolute atomic E-state index is 12.1. The van der Waals surface area contributed by atoms with Crippen molar-refractivity contribution in [1.29, 1.82) is 0 Å². The second-order valence-corrected chi connectivity index (χ2v) is 7.05. The molecule has 0 aliphatic heterocycles. The predicted octanol–water partition coefficient (Wildman–Crippen LogP) is 3.66. The number of hydrogen-bond donors (Lipinski definition) is 2. The quantitative estimate of drug-likeness (QED) is 0.785. The summed E-state index contributed by atoms with van der Waals surface area (Å²) in [6.45, 7) is 7.91. The van der Waals surface area contributed by atoms with Crippen molar-refractivity contribution in [2.24, 2.45) is 0 Å². The van der Waals surface area contributed by atoms with Crippen LogP contribution in [0.25, 0.3) is 0 Å². The molecule has 128 valence electrons. The first-order valence-corrected chi connectivity index (χ1v) is 8.80. The van der Waals surface area contributed by atoms with Gasteiger partial charge in [-0.3, -0.25) is 9.59 Å². The van der Waals surface area contributed by atoms with Crippen molar-refractivity contribution in [2.45, 2.75) is 46.6 Å². The highest BCUT2D eigenvalue weighted by Crippen LogP contribution is 2.24. The number of benzene rings is 1. The van der Waals surface area contributed by atoms with E-state index in [1.54, 1.807) is 17.4 Å². The molecular formula is C18H23N3O2S. The summed E-state index contributed by atoms with van der Waals surface area (Å²) in [6, 6.07) is 7.34. The Morgan fingerprint density at radius 3 is 2.54 bits per heavy atom. The van der Waals surface area contributed by atoms with Gasteiger partial charge < -0.3 is 10.6 Å². The van der Waals surface area contributed by atoms with Crippen LogP contribution in [-0.4, -0.2) is 16.8 Å². The highest BCUT2D eigenvalue weighted by Gasteiger charge is 2.19. The molecule has 5 nitrogen and oxygen atoms in total. The van der Waals surface area contributed by atoms with Crippen molar-refractivity contribution in [3.63, 3.8) is 0 Å². The lowest BCUT2D eigenvalue weighted by atomic mass is 10.2. The molecule has 2 amide bonds. The van der Waals surface area contributed by atoms with Crippen LogP contribution in [0.2, 0.25) is 0 Å². The third kappa shape index (κ3) is 4.89. The molecule has 0 aliphatic carbocycles. The van der Waals surface area contributed by atoms with E-state index >= 15 is 0 Å². The summed E-state index contributed by atoms with van der Waals surface area (Å²) in [4.78, 5) is 29.8. The Morgan fingerprint density at radius 1 is 1.21 bits per heavy atom. The maximum Gasteiger partial charge on any atom is 0.233 e. The van der Waals surface area contributed by atoms with Gasteiger partial charge in [-0.25, -0.2) is 4.98 Å². The fourth-order valence-electron chi connectivity index (χ4n) is 2.30. The number of aryl methyl sites for hydroxylation is 3. The fourth-order valence-corrected chi connectivity index (χ4v) is 3.36. The number of thiazole rings is 1. The zero-order valence-corrected chi connectivity index (χ0v) is 15.3. The summed E-state index contributed by atoms with van der Waals surface area (Å²) in [5.41, 5.74) is 2.74. The van der Waals surface area contributed by atoms with Crippen LogP contribution in [0.5, 0.6) is 0 Å². The number of anilines is 1. The van der Waals surface area contributed by atoms with Crippen molar-refractivity contribution in [2.75, 3.05) is 5.32 Å². The number of nitrogens with one attached hydrogen (secondary N) is 2. The second-order valence-electron chi connectivity index (χ2n) is 5.82. The van der Waals surface area contributed by atoms with Crippen LogP contribution in [0, 0.1) is 20.8 Å². The minimum atomic E-state index is -0.320. The molecule has 0 bridgehead atoms. The zero-order valence-electron chi connectivity index (χ0n) is 14.5. The molecule has 1 aromatic carbocycles. The van der Waals surface area contributed by atoms with Gasteiger partial charge in [0.2, 0.25) is 11.8 Å². The van der Waals surface area contributed by atoms with E-state index in [9.17, 15) is 9.59 Å². The van der Waals surface area contributed by atoms with Crippen LogP contribution in [0.4, 0.5) is 5.69 Å². The number of hydrogen-bond acceptors (Lipinski definition) is 4. The Balaban J connectivity index is 1.92. The number of carbonyl (C=O) groups excluding carboxylic acids is 2. The van der Waals surface area contributed by atoms with Crippen molar-refractivity contribution in [3.8, 4) is 0 Å². The Kier molecular flexibility index (Phi) is 6.09. The lowest BCUT2D eigenvalue weighted by molar-refractivity contribution is -0.127. The normalized spacial score (nSPS) is 11.8. The molecule has 2 rings (SSSR count). The maximum atomic E-state index is 12.1. The van der Waals surface area contributed by atoms with Gasteiger partial charge in [0.25, 0.3) is 0 Å². The Bertz CT molecular complexity index is 720. The van der Waals surface area contributed by atoms with Crippen LogP contribution in [0.3, 0.4) is 0 Å². The monoisotopic (exact) mass is 345 g/mol. The first-order chi connectivity index (χ1) is 11.4. The largest absolute Gasteiger partial charge is 0.346 e. The van der Waals surface area contributed by atoms with Gasteiger partial charge in [-0.15, -0.1) is 11.3 Å². The average Bonchev–Trinajstić information content (AvgIpc) is 2.84. The van der Waals surface area contributed by atoms with E-state index in [0.717, 1.165) is 27.6 Å². The van der Waals surface area contributed by atoms with Gasteiger partial charge in [0, 0.05) is 10.6 Å². The lowest BCUT2D eigenvalue weighted by Gasteiger charge is -2.14. The summed E-state index contributed by atoms with van der Waals surface area (Å²) < 4.78 is 0. The van der Waals surface area contributed by atoms with E-state index in [4.69, 9.17) is 0 Å². The lowest BCUT2D eigenvalue weighted by Crippen LogP contribution is -2.31. The van der Waals surface area contributed by atoms with E-state index < -0.39 is 0 Å². The predicted molar refractivity (Wildman–Crippen MR) is 97.2 cm³/mol. The summed E-state index contributed by atoms with van der Waals surface area (Å²) in [5, 5.41) is 6.53. The topological polar surface area (TPSA) is 71.1 Å². The van der Waals surface area contributed by atoms with Gasteiger partial charge in [0.05, 0.1) is 11.7 Å². The number of carbonyl (C=O) groups is 2. The molecule has 0 saturated heterocycles. The summed E-state index contributed by atoms with van der Waals surface area (Å²) in [5.74, 6) is -0.614. The molecule has 2 aromatic rings. The van der Waals surface area contributed by atoms with Crippen LogP contribution in [-0.2, 0) is 9.59 Å². The number of nitrogens with zero attached hydrogens (tertiary/aromatic N) is 1. The molecule has 0 aliphatic rings. The number of rotatable bonds is 6. The van der Waals surface area contributed by atoms with Gasteiger partial charge >= 0.3 is 0 Å². The Hall–Kier alpha value is -2.21. The van der Waals surface area contributed by atoms with Crippen LogP contribution < -0.4 is 10.6 Å². The van der Waals surface area contributed by atoms with Gasteiger partial charge in [-0.05, 0) is 44.9 Å². The molecule has 0 spiro atoms. The van der Waals surface area contributed by atoms with Gasteiger partial charge in [-0.2, -0.15) is 0 Å². The van der Waals surface area contributed by atoms with E-state index in [0.29, 0.717) is 5.69 Å². The standard InChI is InChI=1S/C18H23N3O2S/c1-5-15(18-19-12(3)13(4)24-18)21-17(23)10-16(22)20-14-8-6-7-11(2)9-14/h6-9,15H,5,10H2,1-4H3,(H,20,22)(H,21,23)/t15-/m0/s1. The van der Waals surface area contributed by atoms with Crippen molar-refractivity contribution >= 4 is 28.8 Å². The highest BCUT2D eigenvalue weighted by molar-refractivity contribution is 7.11. The molecule has 1 atom stereocenters. The first-order valence-electron chi connectivity index (χ1n) is 7.98. The van der Waals surface area contributed by atoms with Crippen molar-refractivity contribution < 1.29 is 9.59 Å². The SMILES string of the molecule is CC[C@H](NC(=O)CC(=O)Nc1cccc(C)c1)c1nc(C)c(C)s1. The molecule has 24 heavy (non-hydrogen) atoms. The third-order valence-electron chi connectivity index (χ3n) is 3.71. The zero-order chi connectivity index (χ0) is 17.7. The van der Waals surface area contributed by atoms with Gasteiger partial charge in [0.15, 0.2) is 0 Å². The molecule has 0 fully saturated rings. The summed E-state index contributed by atoms with van der Waals surface area (Å²) in [7, 11) is 0. The van der Waals surface area contributed by atoms with Crippen LogP contribution >= 0.6 is 11.3 Å². The Morgan fingerprint density at radius 2 is 1.96 bits per heavy atom. The molecule has 6 heteroatoms. The summed E-state index contributed by atoms with van der Waals surface area (Å²) in [6.07, 6.45) is 0.533. The van der Waals surface area contributed by atoms with Gasteiger partial charge in [0.1, 0.15) is 11.4 Å². The molecule has 0 unspecified atom stereocenters. The van der Waals surface area contributed by atoms with E-state index in [2.05, 4.69) is 15.6 Å². The third-order valence-corrected chi connectivity index (χ3v) is 4.90. The Labute approximate surface area is 146 Å². The van der Waals surface area contributed by atoms with Crippen molar-refractivity contribution in [1.82, 2.24) is 10.3 Å². The molecule has 1 heterocycles. The van der Waals surface area contributed by atoms with E-state index in [1.807, 2.05) is 45.9 Å². The second kappa shape index (κ2) is 8.06. The van der Waals surface area contributed by atoms with Crippen LogP contribution in [0.15, 0.2) is 24.3 Å². The molecule has 1 aromatic heterocycles. The molecule has 0 radical (unpaired) electrons. The molecular weight excluding hydrogens is 322 g/mol. The van der Waals surface area contributed by atoms with Gasteiger partial charge in [-0.1, -0.05) is 19.1 Å². The molecule has 2 N–H and O–H groups in total. The highest BCUT2D eigenvalue weighted by atomic mass is 32.1. The van der Waals surface area contributed by atoms with E-state index in [-0.39, 0.29) is 24.3 Å². The molecule has 0 saturated carbocycles. The minimum absolute atomic E-state index is 0.151.